The molecule has 5 unspecified atom stereocenters. The summed E-state index contributed by atoms with van der Waals surface area (Å²) in [5, 5.41) is 39.1. The van der Waals surface area contributed by atoms with Crippen LogP contribution in [0.5, 0.6) is 0 Å². The summed E-state index contributed by atoms with van der Waals surface area (Å²) in [6, 6.07) is 43.1. The van der Waals surface area contributed by atoms with Crippen LogP contribution in [-0.4, -0.2) is 170 Å². The maximum Gasteiger partial charge on any atom is 0.321 e. The highest BCUT2D eigenvalue weighted by atomic mass is 16.5. The molecule has 119 heavy (non-hydrogen) atoms. The van der Waals surface area contributed by atoms with E-state index in [1.54, 1.807) is 143 Å². The second-order valence-corrected chi connectivity index (χ2v) is 26.7. The molecule has 17 heterocycles. The van der Waals surface area contributed by atoms with E-state index in [-0.39, 0.29) is 36.0 Å². The minimum absolute atomic E-state index is 0.00194. The Morgan fingerprint density at radius 3 is 0.916 bits per heavy atom. The van der Waals surface area contributed by atoms with Gasteiger partial charge in [-0.25, -0.2) is 29.9 Å². The molecule has 0 aliphatic carbocycles. The van der Waals surface area contributed by atoms with Gasteiger partial charge in [0.1, 0.15) is 33.9 Å². The fourth-order valence-electron chi connectivity index (χ4n) is 14.1. The van der Waals surface area contributed by atoms with Gasteiger partial charge in [0.25, 0.3) is 0 Å². The van der Waals surface area contributed by atoms with Gasteiger partial charge in [0.05, 0.1) is 20.6 Å². The summed E-state index contributed by atoms with van der Waals surface area (Å²) < 4.78 is 9.72. The molecule has 0 radical (unpaired) electrons. The molecule has 17 rings (SSSR count). The van der Waals surface area contributed by atoms with Crippen molar-refractivity contribution in [1.82, 2.24) is 95.4 Å². The predicted octanol–water partition coefficient (Wildman–Crippen LogP) is 12.5. The number of aromatic amines is 6. The van der Waals surface area contributed by atoms with Crippen molar-refractivity contribution in [2.24, 2.45) is 11.8 Å². The average Bonchev–Trinajstić information content (AvgIpc) is 1.61. The third kappa shape index (κ3) is 20.2. The van der Waals surface area contributed by atoms with Crippen molar-refractivity contribution in [2.75, 3.05) is 28.3 Å². The third-order valence-electron chi connectivity index (χ3n) is 19.7. The lowest BCUT2D eigenvalue weighted by Crippen LogP contribution is -2.33. The predicted molar refractivity (Wildman–Crippen MR) is 443 cm³/mol. The number of nitrogens with one attached hydrogen (secondary N) is 8. The number of methoxy groups -OCH3 is 2. The monoisotopic (exact) mass is 1600 g/mol. The van der Waals surface area contributed by atoms with Crippen molar-refractivity contribution in [3.05, 3.63) is 331 Å². The van der Waals surface area contributed by atoms with Gasteiger partial charge in [0, 0.05) is 225 Å². The molecule has 17 aromatic rings. The van der Waals surface area contributed by atoms with Gasteiger partial charge >= 0.3 is 29.8 Å². The number of rotatable bonds is 22. The number of fused-ring (bicyclic) bond motifs is 6. The molecule has 0 saturated heterocycles. The third-order valence-corrected chi connectivity index (χ3v) is 19.7. The average molecular weight is 1600 g/mol. The first-order valence-electron chi connectivity index (χ1n) is 37.3. The molecule has 5 atom stereocenters. The van der Waals surface area contributed by atoms with Crippen molar-refractivity contribution >= 4 is 108 Å². The van der Waals surface area contributed by atoms with Gasteiger partial charge in [-0.15, -0.1) is 0 Å². The fourth-order valence-corrected chi connectivity index (χ4v) is 14.1. The zero-order chi connectivity index (χ0) is 83.6. The minimum Gasteiger partial charge on any atom is -0.481 e. The number of hydrogen-bond donors (Lipinski definition) is 11. The highest BCUT2D eigenvalue weighted by molar-refractivity contribution is 5.98. The van der Waals surface area contributed by atoms with Gasteiger partial charge < -0.3 is 65.3 Å². The van der Waals surface area contributed by atoms with Gasteiger partial charge in [0.2, 0.25) is 11.8 Å². The number of pyridine rings is 11. The molecule has 17 aromatic heterocycles. The van der Waals surface area contributed by atoms with Crippen LogP contribution in [0.4, 0.5) is 0 Å². The second-order valence-electron chi connectivity index (χ2n) is 26.7. The van der Waals surface area contributed by atoms with E-state index in [1.165, 1.54) is 20.4 Å². The van der Waals surface area contributed by atoms with E-state index >= 15 is 0 Å². The van der Waals surface area contributed by atoms with Crippen LogP contribution in [0.25, 0.3) is 66.2 Å². The Labute approximate surface area is 678 Å². The van der Waals surface area contributed by atoms with E-state index in [4.69, 9.17) is 14.6 Å². The van der Waals surface area contributed by atoms with Crippen LogP contribution in [0.1, 0.15) is 104 Å². The lowest BCUT2D eigenvalue weighted by atomic mass is 9.81. The van der Waals surface area contributed by atoms with Gasteiger partial charge in [-0.1, -0.05) is 30.3 Å². The van der Waals surface area contributed by atoms with Gasteiger partial charge in [0.15, 0.2) is 11.8 Å². The molecular weight excluding hydrogens is 1520 g/mol. The Morgan fingerprint density at radius 2 is 0.622 bits per heavy atom. The highest BCUT2D eigenvalue weighted by Gasteiger charge is 2.41. The van der Waals surface area contributed by atoms with Gasteiger partial charge in [-0.2, -0.15) is 0 Å². The maximum absolute atomic E-state index is 12.4. The standard InChI is InChI=1S/C18H17N3O4.2C16H16N4O.C16H13N3O4.C15H13N3O2.C7H6N2/c1-24-17(22)15(18(23)25-2)14(11-5-3-7-19-9-11)13-10-21-16-12(13)6-4-8-20-16;2*1-17-15(21)8-13(11-4-2-6-18-9-11)14-10-20-16-12(14)5-3-7-19-16;20-15(21)13(16(22)23)12(9-3-1-5-17-7-9)11-8-19-14-10(11)4-2-6-18-14;19-14(20)7-12(10-3-1-5-16-8-10)13-9-18-15-11(13)4-2-6-17-15;1-2-6-3-5-9-7(6)8-4-1/h3-10,14-15H,1-2H3,(H,20,21);2*2-7,9-10,13H,8H2,1H3,(H,17,21)(H,19,20);1-8,12-13H,(H,18,19)(H,20,21)(H,22,23);1-6,8-9,12H,7H2,(H,17,18)(H,19,20);1-5H,(H,8,9). The Hall–Kier alpha value is -15.8. The topological polar surface area (TPSA) is 459 Å². The zero-order valence-electron chi connectivity index (χ0n) is 64.6. The zero-order valence-corrected chi connectivity index (χ0v) is 64.6. The number of amides is 2. The number of carboxylic acids is 3. The molecule has 2 amide bonds. The van der Waals surface area contributed by atoms with Gasteiger partial charge in [-0.3, -0.25) is 58.5 Å². The Balaban J connectivity index is 0.000000133. The van der Waals surface area contributed by atoms with E-state index in [9.17, 15) is 43.8 Å². The first-order chi connectivity index (χ1) is 58.1. The summed E-state index contributed by atoms with van der Waals surface area (Å²) in [5.41, 5.74) is 13.2. The van der Waals surface area contributed by atoms with Crippen molar-refractivity contribution in [3.8, 4) is 0 Å². The largest absolute Gasteiger partial charge is 0.481 e. The number of carboxylic acid groups (broad SMARTS) is 3. The first kappa shape index (κ1) is 82.6. The summed E-state index contributed by atoms with van der Waals surface area (Å²) in [6.45, 7) is 0. The molecular formula is C88H81N19O12. The molecule has 0 aliphatic heterocycles. The molecule has 31 nitrogen and oxygen atoms in total. The number of ether oxygens (including phenoxy) is 2. The van der Waals surface area contributed by atoms with E-state index in [0.29, 0.717) is 46.2 Å². The number of hydrogen-bond acceptors (Lipinski definition) is 20. The van der Waals surface area contributed by atoms with E-state index < -0.39 is 53.5 Å². The summed E-state index contributed by atoms with van der Waals surface area (Å²) in [5.74, 6) is -9.57. The number of carbonyl (C=O) groups excluding carboxylic acids is 4. The van der Waals surface area contributed by atoms with Crippen LogP contribution in [-0.2, 0) is 43.0 Å². The van der Waals surface area contributed by atoms with Crippen LogP contribution < -0.4 is 10.6 Å². The maximum atomic E-state index is 12.4. The Bertz CT molecular complexity index is 6030. The van der Waals surface area contributed by atoms with Crippen LogP contribution in [0.15, 0.2) is 276 Å². The van der Waals surface area contributed by atoms with Crippen molar-refractivity contribution in [2.45, 2.75) is 48.9 Å². The number of aliphatic carboxylic acids is 3. The SMILES string of the molecule is CNC(=O)CC(c1cccnc1)c1c[nH]c2ncccc12.CNC(=O)CC(c1cccnc1)c1c[nH]c2ncccc12.COC(=O)C(C(=O)OC)C(c1cccnc1)c1c[nH]c2ncccc12.O=C(O)C(C(=O)O)C(c1cccnc1)c1c[nH]c2ncccc12.O=C(O)CC(c1cccnc1)c1c[nH]c2ncccc12.c1cnc2[nH]ccc2c1. The molecule has 0 fully saturated rings. The lowest BCUT2D eigenvalue weighted by Gasteiger charge is -2.23. The highest BCUT2D eigenvalue weighted by Crippen LogP contribution is 2.40. The van der Waals surface area contributed by atoms with Crippen molar-refractivity contribution in [3.63, 3.8) is 0 Å². The second kappa shape index (κ2) is 40.3. The number of carbonyl (C=O) groups is 7. The summed E-state index contributed by atoms with van der Waals surface area (Å²) >= 11 is 0. The number of H-pyrrole nitrogens is 6. The molecule has 0 bridgehead atoms. The normalized spacial score (nSPS) is 12.1. The van der Waals surface area contributed by atoms with Crippen molar-refractivity contribution < 1.29 is 58.4 Å². The minimum atomic E-state index is -1.63. The van der Waals surface area contributed by atoms with Gasteiger partial charge in [-0.05, 0) is 165 Å². The summed E-state index contributed by atoms with van der Waals surface area (Å²) in [6.07, 6.45) is 38.7. The Kier molecular flexibility index (Phi) is 28.0. The quantitative estimate of drug-likeness (QED) is 0.0222. The lowest BCUT2D eigenvalue weighted by molar-refractivity contribution is -0.160. The fraction of sp³-hybridized carbons (Fsp3) is 0.159. The van der Waals surface area contributed by atoms with Crippen LogP contribution in [0.2, 0.25) is 0 Å². The van der Waals surface area contributed by atoms with E-state index in [0.717, 1.165) is 88.5 Å². The number of aromatic nitrogens is 17. The van der Waals surface area contributed by atoms with E-state index in [2.05, 4.69) is 95.4 Å². The molecule has 0 spiro atoms. The van der Waals surface area contributed by atoms with Crippen LogP contribution in [0, 0.1) is 11.8 Å². The molecule has 31 heteroatoms. The molecule has 0 aromatic carbocycles. The molecule has 0 aliphatic rings. The Morgan fingerprint density at radius 1 is 0.336 bits per heavy atom. The molecule has 600 valence electrons. The van der Waals surface area contributed by atoms with Crippen LogP contribution >= 0.6 is 0 Å². The number of nitrogens with zero attached hydrogens (tertiary/aromatic N) is 11. The summed E-state index contributed by atoms with van der Waals surface area (Å²) in [7, 11) is 5.80. The van der Waals surface area contributed by atoms with Crippen molar-refractivity contribution in [1.29, 1.82) is 0 Å². The first-order valence-corrected chi connectivity index (χ1v) is 37.3. The van der Waals surface area contributed by atoms with Crippen LogP contribution in [0.3, 0.4) is 0 Å². The number of esters is 2. The smallest absolute Gasteiger partial charge is 0.321 e. The summed E-state index contributed by atoms with van der Waals surface area (Å²) in [4.78, 5) is 147. The molecule has 11 N–H and O–H groups in total. The van der Waals surface area contributed by atoms with E-state index in [1.807, 2.05) is 140 Å². The molecule has 0 saturated carbocycles.